The molecule has 1 aromatic rings. The van der Waals surface area contributed by atoms with Crippen LogP contribution >= 0.6 is 31.9 Å². The normalized spacial score (nSPS) is 13.2. The Bertz CT molecular complexity index is 553. The molecule has 120 valence electrons. The van der Waals surface area contributed by atoms with Crippen molar-refractivity contribution in [1.82, 2.24) is 0 Å². The predicted octanol–water partition coefficient (Wildman–Crippen LogP) is 3.30. The lowest BCUT2D eigenvalue weighted by Crippen LogP contribution is -2.21. The van der Waals surface area contributed by atoms with E-state index in [9.17, 15) is 8.42 Å². The number of nitrogens with two attached hydrogens (primary N) is 1. The van der Waals surface area contributed by atoms with Crippen LogP contribution in [0.1, 0.15) is 25.3 Å². The second kappa shape index (κ2) is 8.50. The van der Waals surface area contributed by atoms with E-state index in [1.807, 2.05) is 12.1 Å². The number of benzene rings is 1. The minimum Gasteiger partial charge on any atom is -0.491 e. The Balaban J connectivity index is 2.67. The Morgan fingerprint density at radius 1 is 1.29 bits per heavy atom. The van der Waals surface area contributed by atoms with E-state index >= 15 is 0 Å². The van der Waals surface area contributed by atoms with Gasteiger partial charge in [0, 0.05) is 12.3 Å². The number of sulfone groups is 1. The third-order valence-electron chi connectivity index (χ3n) is 2.99. The van der Waals surface area contributed by atoms with E-state index in [4.69, 9.17) is 10.5 Å². The molecule has 0 aliphatic rings. The fraction of sp³-hybridized carbons (Fsp3) is 0.571. The number of ether oxygens (including phenoxy) is 1. The molecule has 0 radical (unpaired) electrons. The van der Waals surface area contributed by atoms with Gasteiger partial charge in [-0.3, -0.25) is 0 Å². The van der Waals surface area contributed by atoms with Gasteiger partial charge in [-0.25, -0.2) is 8.42 Å². The second-order valence-electron chi connectivity index (χ2n) is 5.09. The molecule has 4 nitrogen and oxygen atoms in total. The first-order chi connectivity index (χ1) is 9.73. The van der Waals surface area contributed by atoms with Crippen molar-refractivity contribution in [1.29, 1.82) is 0 Å². The standard InChI is InChI=1S/C14H21Br2NO3S/c1-3-11(17)7-10-8-12(15)14(13(16)9-10)20-5-4-6-21(2,18)19/h8-9,11H,3-7,17H2,1-2H3. The Hall–Kier alpha value is -0.110. The quantitative estimate of drug-likeness (QED) is 0.627. The van der Waals surface area contributed by atoms with Crippen LogP contribution in [0.4, 0.5) is 0 Å². The molecular formula is C14H21Br2NO3S. The van der Waals surface area contributed by atoms with E-state index in [0.717, 1.165) is 27.4 Å². The smallest absolute Gasteiger partial charge is 0.147 e. The maximum atomic E-state index is 11.1. The average Bonchev–Trinajstić information content (AvgIpc) is 2.35. The zero-order valence-electron chi connectivity index (χ0n) is 12.2. The summed E-state index contributed by atoms with van der Waals surface area (Å²) in [5, 5.41) is 0. The van der Waals surface area contributed by atoms with Crippen LogP contribution in [0.5, 0.6) is 5.75 Å². The molecule has 0 bridgehead atoms. The highest BCUT2D eigenvalue weighted by molar-refractivity contribution is 9.11. The molecular weight excluding hydrogens is 422 g/mol. The minimum absolute atomic E-state index is 0.131. The molecule has 0 amide bonds. The van der Waals surface area contributed by atoms with Crippen LogP contribution in [-0.2, 0) is 16.3 Å². The summed E-state index contributed by atoms with van der Waals surface area (Å²) in [4.78, 5) is 0. The SMILES string of the molecule is CCC(N)Cc1cc(Br)c(OCCCS(C)(=O)=O)c(Br)c1. The number of hydrogen-bond acceptors (Lipinski definition) is 4. The molecule has 1 atom stereocenters. The average molecular weight is 443 g/mol. The lowest BCUT2D eigenvalue weighted by molar-refractivity contribution is 0.313. The van der Waals surface area contributed by atoms with Crippen molar-refractivity contribution in [3.05, 3.63) is 26.6 Å². The van der Waals surface area contributed by atoms with Gasteiger partial charge < -0.3 is 10.5 Å². The molecule has 1 aromatic carbocycles. The number of rotatable bonds is 8. The van der Waals surface area contributed by atoms with E-state index in [2.05, 4.69) is 38.8 Å². The molecule has 0 spiro atoms. The fourth-order valence-corrected chi connectivity index (χ4v) is 3.96. The molecule has 1 rings (SSSR count). The maximum absolute atomic E-state index is 11.1. The molecule has 0 fully saturated rings. The zero-order valence-corrected chi connectivity index (χ0v) is 16.2. The van der Waals surface area contributed by atoms with E-state index in [-0.39, 0.29) is 11.8 Å². The Labute approximate surface area is 143 Å². The largest absolute Gasteiger partial charge is 0.491 e. The third kappa shape index (κ3) is 7.13. The van der Waals surface area contributed by atoms with Gasteiger partial charge in [0.2, 0.25) is 0 Å². The van der Waals surface area contributed by atoms with E-state index in [1.54, 1.807) is 0 Å². The van der Waals surface area contributed by atoms with Gasteiger partial charge in [-0.05, 0) is 68.8 Å². The minimum atomic E-state index is -2.94. The summed E-state index contributed by atoms with van der Waals surface area (Å²) in [7, 11) is -2.94. The van der Waals surface area contributed by atoms with Gasteiger partial charge >= 0.3 is 0 Å². The monoisotopic (exact) mass is 441 g/mol. The third-order valence-corrected chi connectivity index (χ3v) is 5.19. The number of hydrogen-bond donors (Lipinski definition) is 1. The van der Waals surface area contributed by atoms with Gasteiger partial charge in [0.25, 0.3) is 0 Å². The van der Waals surface area contributed by atoms with E-state index in [1.165, 1.54) is 6.26 Å². The lowest BCUT2D eigenvalue weighted by Gasteiger charge is -2.14. The summed E-state index contributed by atoms with van der Waals surface area (Å²) in [5.74, 6) is 0.823. The Morgan fingerprint density at radius 2 is 1.86 bits per heavy atom. The summed E-state index contributed by atoms with van der Waals surface area (Å²) in [5.41, 5.74) is 7.09. The second-order valence-corrected chi connectivity index (χ2v) is 9.06. The van der Waals surface area contributed by atoms with Crippen LogP contribution in [0.15, 0.2) is 21.1 Å². The first-order valence-electron chi connectivity index (χ1n) is 6.77. The van der Waals surface area contributed by atoms with E-state index in [0.29, 0.717) is 18.8 Å². The molecule has 1 unspecified atom stereocenters. The lowest BCUT2D eigenvalue weighted by atomic mass is 10.0. The van der Waals surface area contributed by atoms with Gasteiger partial charge in [-0.1, -0.05) is 6.92 Å². The molecule has 21 heavy (non-hydrogen) atoms. The first kappa shape index (κ1) is 18.9. The number of halogens is 2. The highest BCUT2D eigenvalue weighted by atomic mass is 79.9. The van der Waals surface area contributed by atoms with Crippen molar-refractivity contribution in [3.63, 3.8) is 0 Å². The van der Waals surface area contributed by atoms with Crippen LogP contribution in [0.2, 0.25) is 0 Å². The zero-order chi connectivity index (χ0) is 16.0. The van der Waals surface area contributed by atoms with Crippen molar-refractivity contribution < 1.29 is 13.2 Å². The molecule has 0 heterocycles. The Kier molecular flexibility index (Phi) is 7.67. The highest BCUT2D eigenvalue weighted by Gasteiger charge is 2.11. The fourth-order valence-electron chi connectivity index (χ4n) is 1.81. The Morgan fingerprint density at radius 3 is 2.33 bits per heavy atom. The van der Waals surface area contributed by atoms with Crippen molar-refractivity contribution in [3.8, 4) is 5.75 Å². The predicted molar refractivity (Wildman–Crippen MR) is 93.6 cm³/mol. The van der Waals surface area contributed by atoms with Gasteiger partial charge in [0.05, 0.1) is 21.3 Å². The summed E-state index contributed by atoms with van der Waals surface area (Å²) in [6.45, 7) is 2.42. The van der Waals surface area contributed by atoms with Crippen molar-refractivity contribution in [2.75, 3.05) is 18.6 Å². The molecule has 0 aromatic heterocycles. The van der Waals surface area contributed by atoms with Crippen LogP contribution in [0.3, 0.4) is 0 Å². The van der Waals surface area contributed by atoms with Crippen LogP contribution in [0, 0.1) is 0 Å². The van der Waals surface area contributed by atoms with Crippen LogP contribution in [-0.4, -0.2) is 33.1 Å². The molecule has 0 aliphatic heterocycles. The maximum Gasteiger partial charge on any atom is 0.147 e. The summed E-state index contributed by atoms with van der Waals surface area (Å²) in [6.07, 6.45) is 3.44. The summed E-state index contributed by atoms with van der Waals surface area (Å²) < 4.78 is 29.5. The topological polar surface area (TPSA) is 69.4 Å². The molecule has 2 N–H and O–H groups in total. The molecule has 0 aliphatic carbocycles. The molecule has 0 saturated heterocycles. The van der Waals surface area contributed by atoms with Gasteiger partial charge in [0.15, 0.2) is 0 Å². The highest BCUT2D eigenvalue weighted by Crippen LogP contribution is 2.35. The van der Waals surface area contributed by atoms with Gasteiger partial charge in [0.1, 0.15) is 15.6 Å². The summed E-state index contributed by atoms with van der Waals surface area (Å²) >= 11 is 6.97. The van der Waals surface area contributed by atoms with Gasteiger partial charge in [-0.15, -0.1) is 0 Å². The van der Waals surface area contributed by atoms with Crippen molar-refractivity contribution >= 4 is 41.7 Å². The van der Waals surface area contributed by atoms with Gasteiger partial charge in [-0.2, -0.15) is 0 Å². The first-order valence-corrected chi connectivity index (χ1v) is 10.4. The van der Waals surface area contributed by atoms with E-state index < -0.39 is 9.84 Å². The van der Waals surface area contributed by atoms with Crippen LogP contribution < -0.4 is 10.5 Å². The van der Waals surface area contributed by atoms with Crippen molar-refractivity contribution in [2.24, 2.45) is 5.73 Å². The van der Waals surface area contributed by atoms with Crippen molar-refractivity contribution in [2.45, 2.75) is 32.2 Å². The molecule has 0 saturated carbocycles. The molecule has 7 heteroatoms. The van der Waals surface area contributed by atoms with Crippen LogP contribution in [0.25, 0.3) is 0 Å². The summed E-state index contributed by atoms with van der Waals surface area (Å²) in [6, 6.07) is 4.13.